The second-order valence-electron chi connectivity index (χ2n) is 6.27. The average molecular weight is 280 g/mol. The molecule has 1 aromatic heterocycles. The van der Waals surface area contributed by atoms with Gasteiger partial charge in [-0.1, -0.05) is 0 Å². The molecule has 0 radical (unpaired) electrons. The van der Waals surface area contributed by atoms with Gasteiger partial charge in [0.15, 0.2) is 5.78 Å². The van der Waals surface area contributed by atoms with Crippen LogP contribution in [0.5, 0.6) is 0 Å². The second kappa shape index (κ2) is 5.68. The topological polar surface area (TPSA) is 65.6 Å². The molecule has 0 saturated carbocycles. The maximum absolute atomic E-state index is 12.4. The van der Waals surface area contributed by atoms with Crippen LogP contribution in [0.2, 0.25) is 0 Å². The molecule has 0 bridgehead atoms. The summed E-state index contributed by atoms with van der Waals surface area (Å²) in [6.07, 6.45) is -0.222. The van der Waals surface area contributed by atoms with E-state index >= 15 is 0 Å². The number of aliphatic hydroxyl groups is 1. The van der Waals surface area contributed by atoms with Gasteiger partial charge in [-0.15, -0.1) is 0 Å². The van der Waals surface area contributed by atoms with Gasteiger partial charge in [-0.2, -0.15) is 0 Å². The monoisotopic (exact) mass is 280 g/mol. The van der Waals surface area contributed by atoms with Crippen LogP contribution in [0.3, 0.4) is 0 Å². The van der Waals surface area contributed by atoms with E-state index < -0.39 is 0 Å². The van der Waals surface area contributed by atoms with E-state index in [1.165, 1.54) is 0 Å². The lowest BCUT2D eigenvalue weighted by Gasteiger charge is -2.42. The molecule has 20 heavy (non-hydrogen) atoms. The van der Waals surface area contributed by atoms with Crippen molar-refractivity contribution >= 4 is 5.78 Å². The van der Waals surface area contributed by atoms with E-state index in [1.54, 1.807) is 0 Å². The first-order valence-corrected chi connectivity index (χ1v) is 7.01. The van der Waals surface area contributed by atoms with Crippen LogP contribution in [0.1, 0.15) is 35.6 Å². The number of hydrogen-bond donors (Lipinski definition) is 2. The molecule has 0 aliphatic carbocycles. The van der Waals surface area contributed by atoms with E-state index in [9.17, 15) is 9.90 Å². The Morgan fingerprint density at radius 2 is 2.25 bits per heavy atom. The van der Waals surface area contributed by atoms with Gasteiger partial charge in [-0.3, -0.25) is 9.69 Å². The highest BCUT2D eigenvalue weighted by Crippen LogP contribution is 2.21. The Kier molecular flexibility index (Phi) is 4.32. The maximum Gasteiger partial charge on any atom is 0.178 e. The van der Waals surface area contributed by atoms with Crippen LogP contribution >= 0.6 is 0 Å². The summed E-state index contributed by atoms with van der Waals surface area (Å²) in [5.74, 6) is 0.112. The number of aryl methyl sites for hydroxylation is 2. The van der Waals surface area contributed by atoms with Crippen molar-refractivity contribution in [2.75, 3.05) is 26.2 Å². The van der Waals surface area contributed by atoms with E-state index in [0.717, 1.165) is 17.0 Å². The van der Waals surface area contributed by atoms with E-state index in [-0.39, 0.29) is 24.1 Å². The molecule has 2 heterocycles. The number of ether oxygens (including phenoxy) is 1. The quantitative estimate of drug-likeness (QED) is 0.816. The minimum atomic E-state index is -0.338. The Balaban J connectivity index is 2.05. The first-order chi connectivity index (χ1) is 9.30. The summed E-state index contributed by atoms with van der Waals surface area (Å²) in [5, 5.41) is 9.30. The fourth-order valence-electron chi connectivity index (χ4n) is 2.93. The van der Waals surface area contributed by atoms with Crippen LogP contribution in [0.25, 0.3) is 0 Å². The molecular weight excluding hydrogens is 256 g/mol. The summed E-state index contributed by atoms with van der Waals surface area (Å²) in [4.78, 5) is 17.6. The molecule has 1 aromatic rings. The van der Waals surface area contributed by atoms with Crippen molar-refractivity contribution in [2.24, 2.45) is 0 Å². The number of aliphatic hydroxyl groups excluding tert-OH is 1. The molecule has 0 aromatic carbocycles. The van der Waals surface area contributed by atoms with Crippen molar-refractivity contribution < 1.29 is 14.6 Å². The standard InChI is InChI=1S/C15H24N2O3/c1-10-5-13(11(2)16-10)14(19)7-17-6-12(8-18)20-15(3,4)9-17/h5,12,16,18H,6-9H2,1-4H3. The van der Waals surface area contributed by atoms with Crippen LogP contribution in [-0.4, -0.2) is 58.7 Å². The molecule has 1 saturated heterocycles. The van der Waals surface area contributed by atoms with E-state index in [2.05, 4.69) is 9.88 Å². The van der Waals surface area contributed by atoms with Crippen molar-refractivity contribution in [3.8, 4) is 0 Å². The highest BCUT2D eigenvalue weighted by molar-refractivity contribution is 5.98. The van der Waals surface area contributed by atoms with E-state index in [4.69, 9.17) is 4.74 Å². The number of nitrogens with zero attached hydrogens (tertiary/aromatic N) is 1. The number of morpholine rings is 1. The van der Waals surface area contributed by atoms with Crippen molar-refractivity contribution in [1.29, 1.82) is 0 Å². The van der Waals surface area contributed by atoms with Gasteiger partial charge in [0.05, 0.1) is 24.9 Å². The van der Waals surface area contributed by atoms with E-state index in [0.29, 0.717) is 19.6 Å². The first kappa shape index (κ1) is 15.2. The number of aromatic nitrogens is 1. The molecule has 5 heteroatoms. The molecule has 1 unspecified atom stereocenters. The number of hydrogen-bond acceptors (Lipinski definition) is 4. The Hall–Kier alpha value is -1.17. The van der Waals surface area contributed by atoms with Crippen LogP contribution in [0, 0.1) is 13.8 Å². The predicted octanol–water partition coefficient (Wildman–Crippen LogP) is 1.29. The molecule has 112 valence electrons. The molecule has 1 aliphatic rings. The molecule has 2 rings (SSSR count). The lowest BCUT2D eigenvalue weighted by Crippen LogP contribution is -2.54. The third-order valence-electron chi connectivity index (χ3n) is 3.57. The highest BCUT2D eigenvalue weighted by atomic mass is 16.5. The summed E-state index contributed by atoms with van der Waals surface area (Å²) >= 11 is 0. The van der Waals surface area contributed by atoms with Gasteiger partial charge in [0.2, 0.25) is 0 Å². The van der Waals surface area contributed by atoms with Gasteiger partial charge in [-0.25, -0.2) is 0 Å². The van der Waals surface area contributed by atoms with Gasteiger partial charge in [-0.05, 0) is 33.8 Å². The smallest absolute Gasteiger partial charge is 0.178 e. The normalized spacial score (nSPS) is 22.9. The van der Waals surface area contributed by atoms with Crippen molar-refractivity contribution in [1.82, 2.24) is 9.88 Å². The number of Topliss-reactive ketones (excluding diaryl/α,β-unsaturated/α-hetero) is 1. The lowest BCUT2D eigenvalue weighted by atomic mass is 10.0. The Morgan fingerprint density at radius 1 is 1.55 bits per heavy atom. The zero-order valence-corrected chi connectivity index (χ0v) is 12.7. The minimum Gasteiger partial charge on any atom is -0.394 e. The summed E-state index contributed by atoms with van der Waals surface area (Å²) in [6, 6.07) is 1.90. The van der Waals surface area contributed by atoms with Gasteiger partial charge in [0, 0.05) is 30.0 Å². The third-order valence-corrected chi connectivity index (χ3v) is 3.57. The molecule has 2 N–H and O–H groups in total. The Labute approximate surface area is 119 Å². The summed E-state index contributed by atoms with van der Waals surface area (Å²) in [7, 11) is 0. The van der Waals surface area contributed by atoms with Crippen molar-refractivity contribution in [3.63, 3.8) is 0 Å². The van der Waals surface area contributed by atoms with Crippen molar-refractivity contribution in [2.45, 2.75) is 39.4 Å². The maximum atomic E-state index is 12.4. The summed E-state index contributed by atoms with van der Waals surface area (Å²) in [6.45, 7) is 9.46. The van der Waals surface area contributed by atoms with Crippen LogP contribution < -0.4 is 0 Å². The highest BCUT2D eigenvalue weighted by Gasteiger charge is 2.34. The Bertz CT molecular complexity index is 493. The van der Waals surface area contributed by atoms with Crippen LogP contribution in [0.4, 0.5) is 0 Å². The van der Waals surface area contributed by atoms with Gasteiger partial charge in [0.1, 0.15) is 0 Å². The van der Waals surface area contributed by atoms with E-state index in [1.807, 2.05) is 33.8 Å². The Morgan fingerprint density at radius 3 is 2.80 bits per heavy atom. The molecule has 0 spiro atoms. The molecule has 1 fully saturated rings. The summed E-state index contributed by atoms with van der Waals surface area (Å²) < 4.78 is 5.76. The molecule has 1 aliphatic heterocycles. The zero-order valence-electron chi connectivity index (χ0n) is 12.7. The van der Waals surface area contributed by atoms with Gasteiger partial charge < -0.3 is 14.8 Å². The SMILES string of the molecule is Cc1cc(C(=O)CN2CC(CO)OC(C)(C)C2)c(C)[nH]1. The second-order valence-corrected chi connectivity index (χ2v) is 6.27. The molecule has 1 atom stereocenters. The number of H-pyrrole nitrogens is 1. The average Bonchev–Trinajstić information content (AvgIpc) is 2.66. The summed E-state index contributed by atoms with van der Waals surface area (Å²) in [5.41, 5.74) is 2.34. The third kappa shape index (κ3) is 3.48. The minimum absolute atomic E-state index is 0.0174. The first-order valence-electron chi connectivity index (χ1n) is 7.01. The van der Waals surface area contributed by atoms with Crippen LogP contribution in [0.15, 0.2) is 6.07 Å². The van der Waals surface area contributed by atoms with Crippen LogP contribution in [-0.2, 0) is 4.74 Å². The zero-order chi connectivity index (χ0) is 14.9. The molecule has 5 nitrogen and oxygen atoms in total. The number of rotatable bonds is 4. The van der Waals surface area contributed by atoms with Gasteiger partial charge >= 0.3 is 0 Å². The fourth-order valence-corrected chi connectivity index (χ4v) is 2.93. The molecule has 0 amide bonds. The fraction of sp³-hybridized carbons (Fsp3) is 0.667. The predicted molar refractivity (Wildman–Crippen MR) is 77.1 cm³/mol. The number of aromatic amines is 1. The van der Waals surface area contributed by atoms with Gasteiger partial charge in [0.25, 0.3) is 0 Å². The number of ketones is 1. The number of nitrogens with one attached hydrogen (secondary N) is 1. The lowest BCUT2D eigenvalue weighted by molar-refractivity contribution is -0.146. The number of carbonyl (C=O) groups is 1. The largest absolute Gasteiger partial charge is 0.394 e. The molecular formula is C15H24N2O3. The van der Waals surface area contributed by atoms with Crippen molar-refractivity contribution in [3.05, 3.63) is 23.0 Å². The number of carbonyl (C=O) groups excluding carboxylic acids is 1.